The van der Waals surface area contributed by atoms with E-state index in [0.717, 1.165) is 15.4 Å². The molecule has 2 amide bonds. The number of halogens is 1. The summed E-state index contributed by atoms with van der Waals surface area (Å²) in [6, 6.07) is 11.0. The average molecular weight is 463 g/mol. The summed E-state index contributed by atoms with van der Waals surface area (Å²) in [6.45, 7) is -0.0784. The number of fused-ring (bicyclic) bond motifs is 1. The highest BCUT2D eigenvalue weighted by Gasteiger charge is 2.40. The Bertz CT molecular complexity index is 975. The first-order valence-corrected chi connectivity index (χ1v) is 9.35. The normalized spacial score (nSPS) is 12.7. The molecule has 0 bridgehead atoms. The quantitative estimate of drug-likeness (QED) is 0.194. The second kappa shape index (κ2) is 8.82. The van der Waals surface area contributed by atoms with Gasteiger partial charge in [-0.2, -0.15) is 0 Å². The molecule has 0 spiro atoms. The van der Waals surface area contributed by atoms with Crippen LogP contribution in [-0.2, 0) is 9.53 Å². The zero-order valence-corrected chi connectivity index (χ0v) is 16.6. The maximum Gasteiger partial charge on any atom is 0.307 e. The zero-order valence-electron chi connectivity index (χ0n) is 15.0. The van der Waals surface area contributed by atoms with Crippen molar-refractivity contribution >= 4 is 39.4 Å². The molecule has 0 saturated carbocycles. The van der Waals surface area contributed by atoms with Crippen molar-refractivity contribution < 1.29 is 28.8 Å². The van der Waals surface area contributed by atoms with Gasteiger partial charge in [-0.15, -0.1) is 0 Å². The molecule has 150 valence electrons. The Morgan fingerprint density at radius 2 is 1.79 bits per heavy atom. The van der Waals surface area contributed by atoms with Crippen LogP contribution in [0.2, 0.25) is 0 Å². The highest BCUT2D eigenvalue weighted by Crippen LogP contribution is 2.30. The highest BCUT2D eigenvalue weighted by atomic mass is 79.9. The Morgan fingerprint density at radius 1 is 1.07 bits per heavy atom. The fourth-order valence-electron chi connectivity index (χ4n) is 2.79. The largest absolute Gasteiger partial charge is 0.490 e. The molecule has 0 N–H and O–H groups in total. The lowest BCUT2D eigenvalue weighted by Gasteiger charge is -2.13. The Labute approximate surface area is 173 Å². The van der Waals surface area contributed by atoms with Crippen molar-refractivity contribution in [1.29, 1.82) is 0 Å². The standard InChI is InChI=1S/C19H15BrN2O7/c20-12-4-6-13(7-5-12)28-10-11-29-16(23)8-9-21-18(24)14-2-1-3-15(22(26)27)17(14)19(21)25/h1-7H,8-11H2. The van der Waals surface area contributed by atoms with E-state index in [1.807, 2.05) is 12.1 Å². The number of nitro groups is 1. The van der Waals surface area contributed by atoms with E-state index in [-0.39, 0.29) is 37.3 Å². The predicted octanol–water partition coefficient (Wildman–Crippen LogP) is 2.97. The summed E-state index contributed by atoms with van der Waals surface area (Å²) in [5, 5.41) is 11.1. The fourth-order valence-corrected chi connectivity index (χ4v) is 3.06. The van der Waals surface area contributed by atoms with E-state index in [0.29, 0.717) is 5.75 Å². The van der Waals surface area contributed by atoms with Gasteiger partial charge in [0, 0.05) is 17.1 Å². The van der Waals surface area contributed by atoms with Gasteiger partial charge in [0.05, 0.1) is 16.9 Å². The van der Waals surface area contributed by atoms with Gasteiger partial charge in [-0.1, -0.05) is 22.0 Å². The van der Waals surface area contributed by atoms with Crippen LogP contribution in [0.3, 0.4) is 0 Å². The molecule has 1 aliphatic rings. The molecular weight excluding hydrogens is 448 g/mol. The van der Waals surface area contributed by atoms with E-state index in [9.17, 15) is 24.5 Å². The average Bonchev–Trinajstić information content (AvgIpc) is 2.95. The van der Waals surface area contributed by atoms with Gasteiger partial charge < -0.3 is 9.47 Å². The lowest BCUT2D eigenvalue weighted by molar-refractivity contribution is -0.385. The SMILES string of the molecule is O=C(CCN1C(=O)c2cccc([N+](=O)[O-])c2C1=O)OCCOc1ccc(Br)cc1. The molecule has 0 saturated heterocycles. The number of ether oxygens (including phenoxy) is 2. The summed E-state index contributed by atoms with van der Waals surface area (Å²) in [7, 11) is 0. The number of benzene rings is 2. The Hall–Kier alpha value is -3.27. The number of carbonyl (C=O) groups excluding carboxylic acids is 3. The van der Waals surface area contributed by atoms with Gasteiger partial charge in [0.1, 0.15) is 24.5 Å². The fraction of sp³-hybridized carbons (Fsp3) is 0.211. The summed E-state index contributed by atoms with van der Waals surface area (Å²) < 4.78 is 11.4. The monoisotopic (exact) mass is 462 g/mol. The van der Waals surface area contributed by atoms with Gasteiger partial charge in [-0.25, -0.2) is 0 Å². The lowest BCUT2D eigenvalue weighted by Crippen LogP contribution is -2.32. The smallest absolute Gasteiger partial charge is 0.307 e. The van der Waals surface area contributed by atoms with Crippen LogP contribution in [0.4, 0.5) is 5.69 Å². The minimum Gasteiger partial charge on any atom is -0.490 e. The molecule has 2 aromatic rings. The van der Waals surface area contributed by atoms with Crippen LogP contribution in [0, 0.1) is 10.1 Å². The lowest BCUT2D eigenvalue weighted by atomic mass is 10.1. The molecule has 9 nitrogen and oxygen atoms in total. The predicted molar refractivity (Wildman–Crippen MR) is 104 cm³/mol. The van der Waals surface area contributed by atoms with Crippen molar-refractivity contribution in [2.75, 3.05) is 19.8 Å². The Morgan fingerprint density at radius 3 is 2.48 bits per heavy atom. The van der Waals surface area contributed by atoms with E-state index >= 15 is 0 Å². The van der Waals surface area contributed by atoms with E-state index in [1.165, 1.54) is 12.1 Å². The number of amides is 2. The number of nitro benzene ring substituents is 1. The van der Waals surface area contributed by atoms with Crippen LogP contribution >= 0.6 is 15.9 Å². The van der Waals surface area contributed by atoms with Gasteiger partial charge in [-0.3, -0.25) is 29.4 Å². The number of hydrogen-bond acceptors (Lipinski definition) is 7. The van der Waals surface area contributed by atoms with Crippen LogP contribution in [0.5, 0.6) is 5.75 Å². The topological polar surface area (TPSA) is 116 Å². The van der Waals surface area contributed by atoms with E-state index in [4.69, 9.17) is 9.47 Å². The number of esters is 1. The number of nitrogens with zero attached hydrogens (tertiary/aromatic N) is 2. The number of imide groups is 1. The highest BCUT2D eigenvalue weighted by molar-refractivity contribution is 9.10. The van der Waals surface area contributed by atoms with E-state index in [2.05, 4.69) is 15.9 Å². The van der Waals surface area contributed by atoms with Gasteiger partial charge in [0.25, 0.3) is 17.5 Å². The number of hydrogen-bond donors (Lipinski definition) is 0. The molecule has 0 radical (unpaired) electrons. The van der Waals surface area contributed by atoms with E-state index < -0.39 is 28.4 Å². The molecule has 0 aromatic heterocycles. The molecule has 0 atom stereocenters. The molecule has 0 unspecified atom stereocenters. The number of carbonyl (C=O) groups is 3. The molecule has 0 fully saturated rings. The van der Waals surface area contributed by atoms with Crippen molar-refractivity contribution in [3.05, 3.63) is 68.2 Å². The molecule has 1 heterocycles. The van der Waals surface area contributed by atoms with E-state index in [1.54, 1.807) is 12.1 Å². The van der Waals surface area contributed by atoms with Crippen LogP contribution in [0.1, 0.15) is 27.1 Å². The summed E-state index contributed by atoms with van der Waals surface area (Å²) >= 11 is 3.31. The van der Waals surface area contributed by atoms with Gasteiger partial charge >= 0.3 is 5.97 Å². The molecule has 0 aliphatic carbocycles. The zero-order chi connectivity index (χ0) is 21.0. The van der Waals surface area contributed by atoms with Crippen LogP contribution in [0.15, 0.2) is 46.9 Å². The maximum absolute atomic E-state index is 12.4. The maximum atomic E-state index is 12.4. The summed E-state index contributed by atoms with van der Waals surface area (Å²) in [5.41, 5.74) is -0.727. The third-order valence-electron chi connectivity index (χ3n) is 4.14. The van der Waals surface area contributed by atoms with Crippen molar-refractivity contribution in [3.63, 3.8) is 0 Å². The minimum absolute atomic E-state index is 0.00247. The Balaban J connectivity index is 1.48. The van der Waals surface area contributed by atoms with Crippen molar-refractivity contribution in [3.8, 4) is 5.75 Å². The summed E-state index contributed by atoms with van der Waals surface area (Å²) in [5.74, 6) is -1.45. The molecule has 2 aromatic carbocycles. The second-order valence-electron chi connectivity index (χ2n) is 5.99. The molecule has 29 heavy (non-hydrogen) atoms. The third kappa shape index (κ3) is 4.60. The summed E-state index contributed by atoms with van der Waals surface area (Å²) in [6.07, 6.45) is -0.225. The molecule has 10 heteroatoms. The molecular formula is C19H15BrN2O7. The Kier molecular flexibility index (Phi) is 6.23. The van der Waals surface area contributed by atoms with Gasteiger partial charge in [0.15, 0.2) is 0 Å². The minimum atomic E-state index is -0.788. The first-order chi connectivity index (χ1) is 13.9. The van der Waals surface area contributed by atoms with Crippen molar-refractivity contribution in [2.45, 2.75) is 6.42 Å². The molecule has 1 aliphatic heterocycles. The van der Waals surface area contributed by atoms with Crippen LogP contribution in [0.25, 0.3) is 0 Å². The van der Waals surface area contributed by atoms with Crippen LogP contribution in [-0.4, -0.2) is 47.4 Å². The number of rotatable bonds is 8. The van der Waals surface area contributed by atoms with Gasteiger partial charge in [0.2, 0.25) is 0 Å². The molecule has 3 rings (SSSR count). The summed E-state index contributed by atoms with van der Waals surface area (Å²) in [4.78, 5) is 47.8. The van der Waals surface area contributed by atoms with Gasteiger partial charge in [-0.05, 0) is 30.3 Å². The van der Waals surface area contributed by atoms with Crippen molar-refractivity contribution in [1.82, 2.24) is 4.90 Å². The van der Waals surface area contributed by atoms with Crippen molar-refractivity contribution in [2.24, 2.45) is 0 Å². The first-order valence-electron chi connectivity index (χ1n) is 8.56. The first kappa shape index (κ1) is 20.5. The van der Waals surface area contributed by atoms with Crippen LogP contribution < -0.4 is 4.74 Å². The third-order valence-corrected chi connectivity index (χ3v) is 4.67. The second-order valence-corrected chi connectivity index (χ2v) is 6.91.